The predicted octanol–water partition coefficient (Wildman–Crippen LogP) is 2.53. The van der Waals surface area contributed by atoms with Crippen LogP contribution in [0.15, 0.2) is 18.2 Å². The Morgan fingerprint density at radius 2 is 2.24 bits per heavy atom. The highest BCUT2D eigenvalue weighted by atomic mass is 19.2. The quantitative estimate of drug-likeness (QED) is 0.899. The number of nitrogens with one attached hydrogen (secondary N) is 1. The first-order valence-electron chi connectivity index (χ1n) is 8.22. The fourth-order valence-corrected chi connectivity index (χ4v) is 3.11. The van der Waals surface area contributed by atoms with Crippen LogP contribution in [0.25, 0.3) is 0 Å². The van der Waals surface area contributed by atoms with Gasteiger partial charge in [-0.15, -0.1) is 0 Å². The Morgan fingerprint density at radius 1 is 1.40 bits per heavy atom. The standard InChI is InChI=1S/C17H20F2N4O2/c1-25-10-14-20-17(22-21-14)13-7-2-3-8-23(13)15(24)9-11-5-4-6-12(18)16(11)19/h4-6,13H,2-3,7-10H2,1H3,(H,20,21,22). The SMILES string of the molecule is COCc1nc(C2CCCCN2C(=O)Cc2cccc(F)c2F)n[nH]1. The lowest BCUT2D eigenvalue weighted by atomic mass is 10.00. The van der Waals surface area contributed by atoms with Crippen molar-refractivity contribution in [2.45, 2.75) is 38.3 Å². The Kier molecular flexibility index (Phi) is 5.37. The van der Waals surface area contributed by atoms with Crippen molar-refractivity contribution >= 4 is 5.91 Å². The van der Waals surface area contributed by atoms with Gasteiger partial charge in [0.15, 0.2) is 23.3 Å². The first-order chi connectivity index (χ1) is 12.1. The summed E-state index contributed by atoms with van der Waals surface area (Å²) in [6.45, 7) is 0.858. The van der Waals surface area contributed by atoms with Crippen molar-refractivity contribution in [3.63, 3.8) is 0 Å². The van der Waals surface area contributed by atoms with E-state index in [1.54, 1.807) is 12.0 Å². The second-order valence-corrected chi connectivity index (χ2v) is 6.06. The number of piperidine rings is 1. The molecule has 1 aliphatic heterocycles. The molecule has 0 radical (unpaired) electrons. The van der Waals surface area contributed by atoms with Crippen molar-refractivity contribution in [1.82, 2.24) is 20.1 Å². The van der Waals surface area contributed by atoms with Crippen LogP contribution in [0.5, 0.6) is 0 Å². The number of hydrogen-bond donors (Lipinski definition) is 1. The third-order valence-electron chi connectivity index (χ3n) is 4.32. The Morgan fingerprint density at radius 3 is 3.04 bits per heavy atom. The predicted molar refractivity (Wildman–Crippen MR) is 85.5 cm³/mol. The van der Waals surface area contributed by atoms with Gasteiger partial charge >= 0.3 is 0 Å². The number of nitrogens with zero attached hydrogens (tertiary/aromatic N) is 3. The summed E-state index contributed by atoms with van der Waals surface area (Å²) in [6.07, 6.45) is 2.37. The van der Waals surface area contributed by atoms with Gasteiger partial charge in [0.2, 0.25) is 5.91 Å². The molecule has 0 bridgehead atoms. The van der Waals surface area contributed by atoms with E-state index in [4.69, 9.17) is 4.74 Å². The van der Waals surface area contributed by atoms with Crippen LogP contribution in [-0.4, -0.2) is 39.6 Å². The van der Waals surface area contributed by atoms with Crippen LogP contribution in [0.2, 0.25) is 0 Å². The number of halogens is 2. The lowest BCUT2D eigenvalue weighted by Gasteiger charge is -2.34. The second-order valence-electron chi connectivity index (χ2n) is 6.06. The van der Waals surface area contributed by atoms with E-state index < -0.39 is 11.6 Å². The van der Waals surface area contributed by atoms with Gasteiger partial charge in [-0.25, -0.2) is 13.8 Å². The molecule has 25 heavy (non-hydrogen) atoms. The van der Waals surface area contributed by atoms with E-state index in [1.807, 2.05) is 0 Å². The number of H-pyrrole nitrogens is 1. The number of aromatic amines is 1. The highest BCUT2D eigenvalue weighted by molar-refractivity contribution is 5.79. The lowest BCUT2D eigenvalue weighted by molar-refractivity contribution is -0.134. The molecule has 2 aromatic rings. The Balaban J connectivity index is 1.77. The average Bonchev–Trinajstić information content (AvgIpc) is 3.08. The molecule has 1 saturated heterocycles. The number of hydrogen-bond acceptors (Lipinski definition) is 4. The number of likely N-dealkylation sites (tertiary alicyclic amines) is 1. The first kappa shape index (κ1) is 17.5. The number of benzene rings is 1. The molecule has 3 rings (SSSR count). The van der Waals surface area contributed by atoms with Crippen LogP contribution in [0.4, 0.5) is 8.78 Å². The summed E-state index contributed by atoms with van der Waals surface area (Å²) in [6, 6.07) is 3.61. The molecule has 1 aromatic carbocycles. The third kappa shape index (κ3) is 3.84. The number of aromatic nitrogens is 3. The monoisotopic (exact) mass is 350 g/mol. The molecule has 0 aliphatic carbocycles. The zero-order valence-corrected chi connectivity index (χ0v) is 14.0. The van der Waals surface area contributed by atoms with Crippen LogP contribution in [0, 0.1) is 11.6 Å². The van der Waals surface area contributed by atoms with Crippen molar-refractivity contribution in [3.05, 3.63) is 47.0 Å². The molecule has 134 valence electrons. The van der Waals surface area contributed by atoms with E-state index in [2.05, 4.69) is 15.2 Å². The molecular weight excluding hydrogens is 330 g/mol. The van der Waals surface area contributed by atoms with Gasteiger partial charge in [0.1, 0.15) is 6.61 Å². The van der Waals surface area contributed by atoms with Gasteiger partial charge in [0.05, 0.1) is 12.5 Å². The van der Waals surface area contributed by atoms with Gasteiger partial charge in [-0.2, -0.15) is 5.10 Å². The van der Waals surface area contributed by atoms with Crippen molar-refractivity contribution in [2.75, 3.05) is 13.7 Å². The maximum absolute atomic E-state index is 13.8. The molecule has 6 nitrogen and oxygen atoms in total. The number of rotatable bonds is 5. The van der Waals surface area contributed by atoms with E-state index in [0.717, 1.165) is 25.3 Å². The highest BCUT2D eigenvalue weighted by Crippen LogP contribution is 2.29. The number of carbonyl (C=O) groups excluding carboxylic acids is 1. The normalized spacial score (nSPS) is 17.7. The van der Waals surface area contributed by atoms with E-state index in [9.17, 15) is 13.6 Å². The minimum absolute atomic E-state index is 0.0596. The van der Waals surface area contributed by atoms with Crippen LogP contribution in [-0.2, 0) is 22.6 Å². The minimum Gasteiger partial charge on any atom is -0.377 e. The van der Waals surface area contributed by atoms with Gasteiger partial charge < -0.3 is 9.64 Å². The molecule has 1 N–H and O–H groups in total. The van der Waals surface area contributed by atoms with Crippen molar-refractivity contribution in [2.24, 2.45) is 0 Å². The van der Waals surface area contributed by atoms with Crippen LogP contribution >= 0.6 is 0 Å². The van der Waals surface area contributed by atoms with Gasteiger partial charge in [-0.3, -0.25) is 9.89 Å². The molecule has 1 unspecified atom stereocenters. The largest absolute Gasteiger partial charge is 0.377 e. The molecule has 1 atom stereocenters. The van der Waals surface area contributed by atoms with Crippen LogP contribution in [0.3, 0.4) is 0 Å². The zero-order chi connectivity index (χ0) is 17.8. The summed E-state index contributed by atoms with van der Waals surface area (Å²) < 4.78 is 32.2. The second kappa shape index (κ2) is 7.69. The number of carbonyl (C=O) groups is 1. The number of ether oxygens (including phenoxy) is 1. The van der Waals surface area contributed by atoms with E-state index in [-0.39, 0.29) is 23.9 Å². The summed E-state index contributed by atoms with van der Waals surface area (Å²) in [5, 5.41) is 6.98. The molecule has 1 aliphatic rings. The fraction of sp³-hybridized carbons (Fsp3) is 0.471. The zero-order valence-electron chi connectivity index (χ0n) is 14.0. The Labute approximate surface area is 144 Å². The minimum atomic E-state index is -0.968. The van der Waals surface area contributed by atoms with Gasteiger partial charge in [0.25, 0.3) is 0 Å². The van der Waals surface area contributed by atoms with Gasteiger partial charge in [-0.1, -0.05) is 12.1 Å². The molecule has 0 spiro atoms. The fourth-order valence-electron chi connectivity index (χ4n) is 3.11. The first-order valence-corrected chi connectivity index (χ1v) is 8.22. The van der Waals surface area contributed by atoms with Crippen LogP contribution < -0.4 is 0 Å². The molecule has 1 aromatic heterocycles. The number of methoxy groups -OCH3 is 1. The molecule has 2 heterocycles. The smallest absolute Gasteiger partial charge is 0.227 e. The maximum Gasteiger partial charge on any atom is 0.227 e. The highest BCUT2D eigenvalue weighted by Gasteiger charge is 2.31. The van der Waals surface area contributed by atoms with Gasteiger partial charge in [0, 0.05) is 19.2 Å². The summed E-state index contributed by atoms with van der Waals surface area (Å²) in [5.41, 5.74) is 0.0596. The Hall–Kier alpha value is -2.35. The summed E-state index contributed by atoms with van der Waals surface area (Å²) in [4.78, 5) is 18.7. The average molecular weight is 350 g/mol. The van der Waals surface area contributed by atoms with E-state index in [1.165, 1.54) is 12.1 Å². The lowest BCUT2D eigenvalue weighted by Crippen LogP contribution is -2.40. The molecule has 0 saturated carbocycles. The molecule has 8 heteroatoms. The summed E-state index contributed by atoms with van der Waals surface area (Å²) in [7, 11) is 1.56. The van der Waals surface area contributed by atoms with Crippen molar-refractivity contribution < 1.29 is 18.3 Å². The molecule has 1 fully saturated rings. The third-order valence-corrected chi connectivity index (χ3v) is 4.32. The topological polar surface area (TPSA) is 71.1 Å². The molecular formula is C17H20F2N4O2. The van der Waals surface area contributed by atoms with Crippen LogP contribution in [0.1, 0.15) is 42.5 Å². The maximum atomic E-state index is 13.8. The summed E-state index contributed by atoms with van der Waals surface area (Å²) >= 11 is 0. The Bertz CT molecular complexity index is 750. The number of amides is 1. The summed E-state index contributed by atoms with van der Waals surface area (Å²) in [5.74, 6) is -1.05. The van der Waals surface area contributed by atoms with Crippen molar-refractivity contribution in [3.8, 4) is 0 Å². The van der Waals surface area contributed by atoms with Gasteiger partial charge in [-0.05, 0) is 25.3 Å². The van der Waals surface area contributed by atoms with Crippen molar-refractivity contribution in [1.29, 1.82) is 0 Å². The molecule has 1 amide bonds. The van der Waals surface area contributed by atoms with E-state index >= 15 is 0 Å². The van der Waals surface area contributed by atoms with E-state index in [0.29, 0.717) is 24.8 Å².